The molecule has 2 aromatic heterocycles. The first-order valence-corrected chi connectivity index (χ1v) is 14.7. The Morgan fingerprint density at radius 3 is 2.56 bits per heavy atom. The normalized spacial score (nSPS) is 22.0. The fourth-order valence-corrected chi connectivity index (χ4v) is 7.77. The van der Waals surface area contributed by atoms with Crippen molar-refractivity contribution < 1.29 is 31.4 Å². The quantitative estimate of drug-likeness (QED) is 0.334. The Balaban J connectivity index is 1.44. The number of nitrogens with zero attached hydrogens (tertiary/aromatic N) is 6. The average molecular weight is 610 g/mol. The van der Waals surface area contributed by atoms with E-state index in [4.69, 9.17) is 9.73 Å². The summed E-state index contributed by atoms with van der Waals surface area (Å²) >= 11 is 0. The van der Waals surface area contributed by atoms with E-state index in [1.54, 1.807) is 18.3 Å². The second-order valence-corrected chi connectivity index (χ2v) is 12.9. The zero-order valence-electron chi connectivity index (χ0n) is 22.8. The van der Waals surface area contributed by atoms with Gasteiger partial charge in [0.25, 0.3) is 10.0 Å². The first kappa shape index (κ1) is 27.4. The van der Waals surface area contributed by atoms with Crippen LogP contribution in [0.15, 0.2) is 77.1 Å². The largest absolute Gasteiger partial charge is 0.428 e. The summed E-state index contributed by atoms with van der Waals surface area (Å²) < 4.78 is 76.7. The number of alkyl halides is 2. The van der Waals surface area contributed by atoms with Crippen molar-refractivity contribution in [2.45, 2.75) is 43.2 Å². The maximum Gasteiger partial charge on any atom is 0.387 e. The molecule has 43 heavy (non-hydrogen) atoms. The van der Waals surface area contributed by atoms with E-state index in [2.05, 4.69) is 15.0 Å². The molecule has 0 aliphatic carbocycles. The van der Waals surface area contributed by atoms with Crippen molar-refractivity contribution in [1.82, 2.24) is 19.4 Å². The third kappa shape index (κ3) is 4.12. The van der Waals surface area contributed by atoms with Crippen LogP contribution in [-0.2, 0) is 15.6 Å². The number of hydrogen-bond donors (Lipinski definition) is 1. The number of sulfonamides is 1. The molecule has 1 unspecified atom stereocenters. The van der Waals surface area contributed by atoms with Crippen LogP contribution >= 0.6 is 0 Å². The molecule has 220 valence electrons. The molecule has 1 fully saturated rings. The number of benzene rings is 2. The van der Waals surface area contributed by atoms with E-state index in [9.17, 15) is 22.3 Å². The van der Waals surface area contributed by atoms with Crippen LogP contribution in [-0.4, -0.2) is 53.8 Å². The summed E-state index contributed by atoms with van der Waals surface area (Å²) in [7, 11) is -4.23. The fraction of sp³-hybridized carbons (Fsp3) is 0.241. The maximum absolute atomic E-state index is 15.5. The lowest BCUT2D eigenvalue weighted by atomic mass is 10.0. The van der Waals surface area contributed by atoms with E-state index < -0.39 is 40.3 Å². The average Bonchev–Trinajstić information content (AvgIpc) is 3.04. The second kappa shape index (κ2) is 9.30. The standard InChI is InChI=1S/C29H24F3N6O4S/c1-29(2,39)27-34-11-17(12-35-27)19-9-16-14-38-15-22(36-21(16)10-20(19)30)26(38)37(43(40,41)18-5-4-8-33-13-18)23-6-3-7-24(25(23)38)42-28(31)32/h3-14,22,26,28,39H,15H2,1-2H3/q+1/t22-,26?,38+/m1/s1. The van der Waals surface area contributed by atoms with Crippen molar-refractivity contribution in [1.29, 1.82) is 0 Å². The molecule has 10 nitrogen and oxygen atoms in total. The summed E-state index contributed by atoms with van der Waals surface area (Å²) in [4.78, 5) is 17.0. The number of quaternary nitrogens is 1. The monoisotopic (exact) mass is 609 g/mol. The van der Waals surface area contributed by atoms with Gasteiger partial charge in [-0.15, -0.1) is 0 Å². The van der Waals surface area contributed by atoms with Gasteiger partial charge in [-0.25, -0.2) is 31.6 Å². The van der Waals surface area contributed by atoms with Gasteiger partial charge < -0.3 is 9.84 Å². The number of aliphatic hydroxyl groups is 1. The summed E-state index contributed by atoms with van der Waals surface area (Å²) in [6, 6.07) is 9.46. The number of fused-ring (bicyclic) bond motifs is 4. The molecule has 0 radical (unpaired) electrons. The first-order valence-electron chi connectivity index (χ1n) is 13.3. The molecule has 0 saturated carbocycles. The molecule has 1 spiro atoms. The fourth-order valence-electron chi connectivity index (χ4n) is 6.10. The van der Waals surface area contributed by atoms with Gasteiger partial charge in [0.15, 0.2) is 17.6 Å². The van der Waals surface area contributed by atoms with Crippen molar-refractivity contribution in [2.24, 2.45) is 4.99 Å². The van der Waals surface area contributed by atoms with Crippen LogP contribution < -0.4 is 24.1 Å². The van der Waals surface area contributed by atoms with Crippen molar-refractivity contribution in [3.8, 4) is 16.9 Å². The molecule has 4 aromatic rings. The molecular formula is C29H24F3N6O4S+. The Labute approximate surface area is 243 Å². The number of hydrogen-bond acceptors (Lipinski definition) is 8. The predicted molar refractivity (Wildman–Crippen MR) is 149 cm³/mol. The van der Waals surface area contributed by atoms with Gasteiger partial charge in [-0.3, -0.25) is 9.98 Å². The van der Waals surface area contributed by atoms with Gasteiger partial charge in [-0.2, -0.15) is 8.78 Å². The molecule has 3 atom stereocenters. The van der Waals surface area contributed by atoms with E-state index in [0.29, 0.717) is 10.8 Å². The molecule has 2 aromatic carbocycles. The van der Waals surface area contributed by atoms with Gasteiger partial charge in [-0.1, -0.05) is 6.07 Å². The van der Waals surface area contributed by atoms with E-state index in [-0.39, 0.29) is 49.8 Å². The highest BCUT2D eigenvalue weighted by atomic mass is 32.2. The maximum atomic E-state index is 15.5. The number of anilines is 1. The lowest BCUT2D eigenvalue weighted by Gasteiger charge is -2.49. The van der Waals surface area contributed by atoms with E-state index in [0.717, 1.165) is 0 Å². The third-order valence-electron chi connectivity index (χ3n) is 7.89. The number of aromatic nitrogens is 3. The van der Waals surface area contributed by atoms with Crippen LogP contribution in [0.5, 0.6) is 5.75 Å². The minimum absolute atomic E-state index is 0.0774. The van der Waals surface area contributed by atoms with Gasteiger partial charge in [0.05, 0.1) is 10.6 Å². The van der Waals surface area contributed by atoms with E-state index >= 15 is 4.39 Å². The number of rotatable bonds is 6. The van der Waals surface area contributed by atoms with Crippen LogP contribution in [0.1, 0.15) is 19.7 Å². The lowest BCUT2D eigenvalue weighted by Crippen LogP contribution is -2.74. The van der Waals surface area contributed by atoms with Gasteiger partial charge >= 0.3 is 6.61 Å². The highest BCUT2D eigenvalue weighted by Crippen LogP contribution is 2.58. The Hall–Kier alpha value is -4.40. The summed E-state index contributed by atoms with van der Waals surface area (Å²) in [6.45, 7) is 0.144. The van der Waals surface area contributed by atoms with Gasteiger partial charge in [-0.05, 0) is 44.2 Å². The minimum Gasteiger partial charge on any atom is -0.428 e. The van der Waals surface area contributed by atoms with Crippen molar-refractivity contribution in [3.63, 3.8) is 0 Å². The van der Waals surface area contributed by atoms with Crippen LogP contribution in [0.3, 0.4) is 0 Å². The smallest absolute Gasteiger partial charge is 0.387 e. The number of halogens is 3. The summed E-state index contributed by atoms with van der Waals surface area (Å²) in [5.41, 5.74) is -0.376. The number of ether oxygens (including phenoxy) is 1. The number of pyridine rings is 1. The topological polar surface area (TPSA) is 118 Å². The second-order valence-electron chi connectivity index (χ2n) is 11.1. The molecule has 14 heteroatoms. The Morgan fingerprint density at radius 2 is 1.88 bits per heavy atom. The van der Waals surface area contributed by atoms with Crippen molar-refractivity contribution in [2.75, 3.05) is 10.8 Å². The molecular weight excluding hydrogens is 585 g/mol. The van der Waals surface area contributed by atoms with Crippen LogP contribution in [0.2, 0.25) is 0 Å². The SMILES string of the molecule is CC(C)(O)c1ncc(-c2cc3c(cc2F)=N[C@@H]2C[N@@+]4(C=3)c3c(OC(F)F)cccc3N(S(=O)(=O)c3cccnc3)C24)cn1. The zero-order chi connectivity index (χ0) is 30.3. The van der Waals surface area contributed by atoms with E-state index in [1.165, 1.54) is 73.3 Å². The lowest BCUT2D eigenvalue weighted by molar-refractivity contribution is -0.0505. The predicted octanol–water partition coefficient (Wildman–Crippen LogP) is 2.80. The highest BCUT2D eigenvalue weighted by Gasteiger charge is 2.68. The molecule has 3 aliphatic heterocycles. The van der Waals surface area contributed by atoms with Crippen LogP contribution in [0.25, 0.3) is 17.3 Å². The van der Waals surface area contributed by atoms with Gasteiger partial charge in [0.2, 0.25) is 11.9 Å². The molecule has 2 bridgehead atoms. The Morgan fingerprint density at radius 1 is 1.12 bits per heavy atom. The third-order valence-corrected chi connectivity index (χ3v) is 9.65. The molecule has 7 rings (SSSR count). The molecule has 0 amide bonds. The first-order chi connectivity index (χ1) is 20.4. The van der Waals surface area contributed by atoms with E-state index in [1.807, 2.05) is 0 Å². The van der Waals surface area contributed by atoms with Gasteiger partial charge in [0.1, 0.15) is 34.7 Å². The number of para-hydroxylation sites is 1. The van der Waals surface area contributed by atoms with Crippen LogP contribution in [0.4, 0.5) is 24.5 Å². The van der Waals surface area contributed by atoms with Gasteiger partial charge in [0, 0.05) is 42.0 Å². The zero-order valence-corrected chi connectivity index (χ0v) is 23.6. The molecule has 3 aliphatic rings. The highest BCUT2D eigenvalue weighted by molar-refractivity contribution is 7.93. The summed E-state index contributed by atoms with van der Waals surface area (Å²) in [5.74, 6) is -0.611. The van der Waals surface area contributed by atoms with Crippen LogP contribution in [0, 0.1) is 5.82 Å². The summed E-state index contributed by atoms with van der Waals surface area (Å²) in [6.07, 6.45) is 6.31. The molecule has 1 N–H and O–H groups in total. The Kier molecular flexibility index (Phi) is 5.93. The Bertz CT molecular complexity index is 2010. The molecule has 1 saturated heterocycles. The van der Waals surface area contributed by atoms with Crippen molar-refractivity contribution >= 4 is 27.6 Å². The summed E-state index contributed by atoms with van der Waals surface area (Å²) in [5, 5.41) is 11.0. The minimum atomic E-state index is -4.23. The van der Waals surface area contributed by atoms with Crippen molar-refractivity contribution in [3.05, 3.63) is 89.5 Å². The molecule has 5 heterocycles.